The Labute approximate surface area is 211 Å². The van der Waals surface area contributed by atoms with Crippen molar-refractivity contribution >= 4 is 63.0 Å². The Hall–Kier alpha value is -3.37. The lowest BCUT2D eigenvalue weighted by atomic mass is 10.00. The number of anilines is 2. The maximum atomic E-state index is 13.2. The summed E-state index contributed by atoms with van der Waals surface area (Å²) in [4.78, 5) is 18.0. The van der Waals surface area contributed by atoms with E-state index in [4.69, 9.17) is 39.8 Å². The molecular weight excluding hydrogens is 487 g/mol. The third kappa shape index (κ3) is 4.38. The molecule has 0 aliphatic carbocycles. The summed E-state index contributed by atoms with van der Waals surface area (Å²) < 4.78 is 0. The average molecular weight is 504 g/mol. The largest absolute Gasteiger partial charge is 0.338 e. The van der Waals surface area contributed by atoms with Crippen molar-refractivity contribution in [1.29, 1.82) is 0 Å². The minimum absolute atomic E-state index is 0.136. The van der Waals surface area contributed by atoms with E-state index in [0.717, 1.165) is 16.5 Å². The highest BCUT2D eigenvalue weighted by molar-refractivity contribution is 6.38. The highest BCUT2D eigenvalue weighted by Crippen LogP contribution is 2.40. The molecule has 0 saturated heterocycles. The van der Waals surface area contributed by atoms with Crippen LogP contribution in [0.25, 0.3) is 22.0 Å². The number of pyridine rings is 1. The number of nitrogens with zero attached hydrogens (tertiary/aromatic N) is 1. The first-order chi connectivity index (χ1) is 16.5. The lowest BCUT2D eigenvalue weighted by Gasteiger charge is -2.17. The first-order valence-corrected chi connectivity index (χ1v) is 11.6. The van der Waals surface area contributed by atoms with E-state index in [1.165, 1.54) is 0 Å². The van der Waals surface area contributed by atoms with Gasteiger partial charge in [0.2, 0.25) is 0 Å². The van der Waals surface area contributed by atoms with E-state index in [0.29, 0.717) is 43.2 Å². The van der Waals surface area contributed by atoms with Gasteiger partial charge >= 0.3 is 0 Å². The van der Waals surface area contributed by atoms with E-state index < -0.39 is 0 Å². The van der Waals surface area contributed by atoms with E-state index in [-0.39, 0.29) is 5.78 Å². The third-order valence-corrected chi connectivity index (χ3v) is 6.30. The smallest absolute Gasteiger partial charge is 0.195 e. The van der Waals surface area contributed by atoms with Gasteiger partial charge < -0.3 is 5.32 Å². The number of hydrogen-bond acceptors (Lipinski definition) is 3. The number of carbonyl (C=O) groups is 1. The van der Waals surface area contributed by atoms with Gasteiger partial charge in [-0.25, -0.2) is 4.98 Å². The number of rotatable bonds is 5. The van der Waals surface area contributed by atoms with Crippen LogP contribution in [0.5, 0.6) is 0 Å². The fraction of sp³-hybridized carbons (Fsp3) is 0. The summed E-state index contributed by atoms with van der Waals surface area (Å²) in [5, 5.41) is 5.61. The first-order valence-electron chi connectivity index (χ1n) is 10.5. The van der Waals surface area contributed by atoms with E-state index in [2.05, 4.69) is 5.32 Å². The lowest BCUT2D eigenvalue weighted by Crippen LogP contribution is -2.07. The highest BCUT2D eigenvalue weighted by Gasteiger charge is 2.19. The van der Waals surface area contributed by atoms with Crippen LogP contribution in [0.2, 0.25) is 15.1 Å². The molecule has 5 rings (SSSR count). The minimum Gasteiger partial charge on any atom is -0.338 e. The highest BCUT2D eigenvalue weighted by atomic mass is 35.5. The molecule has 0 fully saturated rings. The molecule has 3 nitrogen and oxygen atoms in total. The summed E-state index contributed by atoms with van der Waals surface area (Å²) >= 11 is 19.5. The van der Waals surface area contributed by atoms with E-state index >= 15 is 0 Å². The standard InChI is InChI=1S/C28H17Cl3N2O/c29-19-11-13-21-23(15-19)32-28(26(31)25(21)17-7-3-1-4-8-17)33-24-16-20(30)12-14-22(24)27(34)18-9-5-2-6-10-18/h1-16H,(H,32,33). The van der Waals surface area contributed by atoms with Crippen molar-refractivity contribution in [3.63, 3.8) is 0 Å². The monoisotopic (exact) mass is 502 g/mol. The van der Waals surface area contributed by atoms with Crippen LogP contribution in [0.4, 0.5) is 11.5 Å². The molecule has 34 heavy (non-hydrogen) atoms. The number of carbonyl (C=O) groups excluding carboxylic acids is 1. The molecule has 0 amide bonds. The Morgan fingerprint density at radius 2 is 1.38 bits per heavy atom. The molecule has 4 aromatic carbocycles. The van der Waals surface area contributed by atoms with Gasteiger partial charge in [0.1, 0.15) is 0 Å². The Morgan fingerprint density at radius 3 is 2.12 bits per heavy atom. The fourth-order valence-corrected chi connectivity index (χ4v) is 4.51. The summed E-state index contributed by atoms with van der Waals surface area (Å²) in [7, 11) is 0. The molecule has 1 heterocycles. The summed E-state index contributed by atoms with van der Waals surface area (Å²) in [6.45, 7) is 0. The molecule has 0 saturated carbocycles. The molecule has 0 aliphatic heterocycles. The molecule has 0 atom stereocenters. The van der Waals surface area contributed by atoms with E-state index in [9.17, 15) is 4.79 Å². The maximum absolute atomic E-state index is 13.2. The van der Waals surface area contributed by atoms with Crippen LogP contribution in [0, 0.1) is 0 Å². The second-order valence-electron chi connectivity index (χ2n) is 7.69. The van der Waals surface area contributed by atoms with Crippen LogP contribution < -0.4 is 5.32 Å². The van der Waals surface area contributed by atoms with Gasteiger partial charge in [0.05, 0.1) is 16.2 Å². The summed E-state index contributed by atoms with van der Waals surface area (Å²) in [6.07, 6.45) is 0. The Bertz CT molecular complexity index is 1520. The first kappa shape index (κ1) is 22.4. The van der Waals surface area contributed by atoms with Crippen molar-refractivity contribution in [3.05, 3.63) is 123 Å². The Kier molecular flexibility index (Phi) is 6.25. The summed E-state index contributed by atoms with van der Waals surface area (Å²) in [6, 6.07) is 29.5. The molecule has 1 aromatic heterocycles. The number of aromatic nitrogens is 1. The Balaban J connectivity index is 1.68. The van der Waals surface area contributed by atoms with Gasteiger partial charge in [0.15, 0.2) is 11.6 Å². The van der Waals surface area contributed by atoms with Gasteiger partial charge in [-0.3, -0.25) is 4.79 Å². The quantitative estimate of drug-likeness (QED) is 0.244. The number of fused-ring (bicyclic) bond motifs is 1. The molecule has 166 valence electrons. The zero-order chi connectivity index (χ0) is 23.7. The number of ketones is 1. The van der Waals surface area contributed by atoms with Crippen LogP contribution in [0.3, 0.4) is 0 Å². The minimum atomic E-state index is -0.136. The van der Waals surface area contributed by atoms with Gasteiger partial charge in [-0.1, -0.05) is 102 Å². The van der Waals surface area contributed by atoms with Crippen LogP contribution in [-0.2, 0) is 0 Å². The SMILES string of the molecule is O=C(c1ccccc1)c1ccc(Cl)cc1Nc1nc2cc(Cl)ccc2c(-c2ccccc2)c1Cl. The number of halogens is 3. The predicted octanol–water partition coefficient (Wildman–Crippen LogP) is 8.84. The Morgan fingerprint density at radius 1 is 0.735 bits per heavy atom. The second-order valence-corrected chi connectivity index (χ2v) is 8.94. The average Bonchev–Trinajstić information content (AvgIpc) is 2.85. The second kappa shape index (κ2) is 9.47. The zero-order valence-corrected chi connectivity index (χ0v) is 20.0. The summed E-state index contributed by atoms with van der Waals surface area (Å²) in [5.74, 6) is 0.266. The molecule has 6 heteroatoms. The van der Waals surface area contributed by atoms with Crippen molar-refractivity contribution < 1.29 is 4.79 Å². The van der Waals surface area contributed by atoms with Crippen molar-refractivity contribution in [2.24, 2.45) is 0 Å². The van der Waals surface area contributed by atoms with Crippen molar-refractivity contribution in [3.8, 4) is 11.1 Å². The van der Waals surface area contributed by atoms with Gasteiger partial charge in [-0.15, -0.1) is 0 Å². The molecule has 0 unspecified atom stereocenters. The molecule has 1 N–H and O–H groups in total. The van der Waals surface area contributed by atoms with Crippen LogP contribution in [0.1, 0.15) is 15.9 Å². The van der Waals surface area contributed by atoms with Crippen molar-refractivity contribution in [1.82, 2.24) is 4.98 Å². The fourth-order valence-electron chi connectivity index (χ4n) is 3.88. The number of nitrogens with one attached hydrogen (secondary N) is 1. The van der Waals surface area contributed by atoms with Crippen molar-refractivity contribution in [2.75, 3.05) is 5.32 Å². The summed E-state index contributed by atoms with van der Waals surface area (Å²) in [5.41, 5.74) is 3.98. The zero-order valence-electron chi connectivity index (χ0n) is 17.7. The van der Waals surface area contributed by atoms with Crippen molar-refractivity contribution in [2.45, 2.75) is 0 Å². The molecule has 0 bridgehead atoms. The topological polar surface area (TPSA) is 42.0 Å². The van der Waals surface area contributed by atoms with E-state index in [1.807, 2.05) is 60.7 Å². The lowest BCUT2D eigenvalue weighted by molar-refractivity contribution is 0.103. The van der Waals surface area contributed by atoms with Crippen LogP contribution >= 0.6 is 34.8 Å². The molecule has 0 radical (unpaired) electrons. The molecule has 0 spiro atoms. The normalized spacial score (nSPS) is 10.9. The number of benzene rings is 4. The molecular formula is C28H17Cl3N2O. The van der Waals surface area contributed by atoms with Gasteiger partial charge in [0, 0.05) is 32.1 Å². The maximum Gasteiger partial charge on any atom is 0.195 e. The van der Waals surface area contributed by atoms with E-state index in [1.54, 1.807) is 36.4 Å². The molecule has 5 aromatic rings. The number of hydrogen-bond donors (Lipinski definition) is 1. The van der Waals surface area contributed by atoms with Crippen LogP contribution in [-0.4, -0.2) is 10.8 Å². The third-order valence-electron chi connectivity index (χ3n) is 5.47. The van der Waals surface area contributed by atoms with Gasteiger partial charge in [0.25, 0.3) is 0 Å². The molecule has 0 aliphatic rings. The van der Waals surface area contributed by atoms with Crippen LogP contribution in [0.15, 0.2) is 97.1 Å². The predicted molar refractivity (Wildman–Crippen MR) is 142 cm³/mol. The van der Waals surface area contributed by atoms with Gasteiger partial charge in [-0.2, -0.15) is 0 Å². The van der Waals surface area contributed by atoms with Gasteiger partial charge in [-0.05, 0) is 35.9 Å².